The number of benzene rings is 1. The summed E-state index contributed by atoms with van der Waals surface area (Å²) in [5.74, 6) is -1.64. The average Bonchev–Trinajstić information content (AvgIpc) is 2.30. The number of carbonyl (C=O) groups excluding carboxylic acids is 1. The second-order valence-corrected chi connectivity index (χ2v) is 5.49. The average molecular weight is 304 g/mol. The van der Waals surface area contributed by atoms with Crippen LogP contribution in [0, 0.1) is 12.8 Å². The highest BCUT2D eigenvalue weighted by Crippen LogP contribution is 2.26. The predicted octanol–water partition coefficient (Wildman–Crippen LogP) is 3.55. The quantitative estimate of drug-likeness (QED) is 0.836. The van der Waals surface area contributed by atoms with Crippen molar-refractivity contribution in [1.82, 2.24) is 0 Å². The fraction of sp³-hybridized carbons (Fsp3) is 0.385. The molecule has 2 N–H and O–H groups in total. The summed E-state index contributed by atoms with van der Waals surface area (Å²) in [5.41, 5.74) is 0.755. The molecule has 0 unspecified atom stereocenters. The summed E-state index contributed by atoms with van der Waals surface area (Å²) in [6.45, 7) is 5.29. The van der Waals surface area contributed by atoms with Crippen molar-refractivity contribution < 1.29 is 14.7 Å². The van der Waals surface area contributed by atoms with Crippen LogP contribution < -0.4 is 5.32 Å². The van der Waals surface area contributed by atoms with E-state index in [0.717, 1.165) is 0 Å². The van der Waals surface area contributed by atoms with Crippen molar-refractivity contribution in [1.29, 1.82) is 0 Å². The van der Waals surface area contributed by atoms with Gasteiger partial charge in [0.25, 0.3) is 0 Å². The van der Waals surface area contributed by atoms with Crippen LogP contribution in [-0.4, -0.2) is 22.4 Å². The van der Waals surface area contributed by atoms with Crippen LogP contribution in [0.1, 0.15) is 29.8 Å². The first-order chi connectivity index (χ1) is 8.73. The summed E-state index contributed by atoms with van der Waals surface area (Å²) in [6.07, 6.45) is 0. The lowest BCUT2D eigenvalue weighted by atomic mass is 10.1. The topological polar surface area (TPSA) is 66.4 Å². The maximum absolute atomic E-state index is 11.9. The molecule has 0 heterocycles. The minimum atomic E-state index is -1.16. The molecule has 0 spiro atoms. The first-order valence-electron chi connectivity index (χ1n) is 5.72. The zero-order valence-electron chi connectivity index (χ0n) is 10.8. The molecule has 0 aliphatic rings. The van der Waals surface area contributed by atoms with E-state index >= 15 is 0 Å². The highest BCUT2D eigenvalue weighted by Gasteiger charge is 2.22. The van der Waals surface area contributed by atoms with Crippen molar-refractivity contribution in [3.8, 4) is 0 Å². The maximum atomic E-state index is 11.9. The SMILES string of the molecule is Cc1cc(Cl)cc(C(=O)O)c1NC(=O)[C@@H](Cl)C(C)C. The van der Waals surface area contributed by atoms with Gasteiger partial charge < -0.3 is 10.4 Å². The molecule has 0 radical (unpaired) electrons. The second-order valence-electron chi connectivity index (χ2n) is 4.59. The number of aromatic carboxylic acids is 1. The van der Waals surface area contributed by atoms with E-state index in [-0.39, 0.29) is 17.2 Å². The van der Waals surface area contributed by atoms with Gasteiger partial charge in [0.2, 0.25) is 5.91 Å². The minimum Gasteiger partial charge on any atom is -0.478 e. The fourth-order valence-electron chi connectivity index (χ4n) is 1.57. The van der Waals surface area contributed by atoms with E-state index in [0.29, 0.717) is 10.6 Å². The summed E-state index contributed by atoms with van der Waals surface area (Å²) in [7, 11) is 0. The number of rotatable bonds is 4. The van der Waals surface area contributed by atoms with E-state index in [4.69, 9.17) is 28.3 Å². The molecule has 0 aromatic heterocycles. The van der Waals surface area contributed by atoms with E-state index in [1.807, 2.05) is 13.8 Å². The summed E-state index contributed by atoms with van der Waals surface area (Å²) in [6, 6.07) is 2.88. The van der Waals surface area contributed by atoms with Gasteiger partial charge in [-0.05, 0) is 30.5 Å². The van der Waals surface area contributed by atoms with E-state index in [1.54, 1.807) is 13.0 Å². The smallest absolute Gasteiger partial charge is 0.337 e. The molecule has 1 aromatic carbocycles. The highest BCUT2D eigenvalue weighted by atomic mass is 35.5. The van der Waals surface area contributed by atoms with Crippen LogP contribution in [0.2, 0.25) is 5.02 Å². The van der Waals surface area contributed by atoms with Gasteiger partial charge in [0, 0.05) is 5.02 Å². The van der Waals surface area contributed by atoms with Gasteiger partial charge in [-0.3, -0.25) is 4.79 Å². The van der Waals surface area contributed by atoms with Crippen LogP contribution in [0.3, 0.4) is 0 Å². The molecule has 1 amide bonds. The Morgan fingerprint density at radius 3 is 2.37 bits per heavy atom. The van der Waals surface area contributed by atoms with Gasteiger partial charge in [-0.15, -0.1) is 11.6 Å². The van der Waals surface area contributed by atoms with Gasteiger partial charge in [0.05, 0.1) is 11.3 Å². The third kappa shape index (κ3) is 3.85. The predicted molar refractivity (Wildman–Crippen MR) is 76.3 cm³/mol. The molecular weight excluding hydrogens is 289 g/mol. The first-order valence-corrected chi connectivity index (χ1v) is 6.53. The number of carbonyl (C=O) groups is 2. The van der Waals surface area contributed by atoms with Gasteiger partial charge in [-0.2, -0.15) is 0 Å². The van der Waals surface area contributed by atoms with Crippen LogP contribution in [0.5, 0.6) is 0 Å². The number of nitrogens with one attached hydrogen (secondary N) is 1. The normalized spacial score (nSPS) is 12.3. The molecule has 0 saturated heterocycles. The lowest BCUT2D eigenvalue weighted by molar-refractivity contribution is -0.116. The van der Waals surface area contributed by atoms with Crippen molar-refractivity contribution in [3.63, 3.8) is 0 Å². The van der Waals surface area contributed by atoms with Crippen LogP contribution in [0.25, 0.3) is 0 Å². The Morgan fingerprint density at radius 2 is 1.89 bits per heavy atom. The molecule has 104 valence electrons. The van der Waals surface area contributed by atoms with Crippen molar-refractivity contribution in [2.45, 2.75) is 26.1 Å². The number of halogens is 2. The molecule has 0 fully saturated rings. The van der Waals surface area contributed by atoms with Crippen molar-refractivity contribution >= 4 is 40.8 Å². The number of carboxylic acid groups (broad SMARTS) is 1. The zero-order valence-corrected chi connectivity index (χ0v) is 12.3. The third-order valence-electron chi connectivity index (χ3n) is 2.61. The Hall–Kier alpha value is -1.26. The lowest BCUT2D eigenvalue weighted by Gasteiger charge is -2.16. The van der Waals surface area contributed by atoms with Gasteiger partial charge in [0.15, 0.2) is 0 Å². The Morgan fingerprint density at radius 1 is 1.32 bits per heavy atom. The summed E-state index contributed by atoms with van der Waals surface area (Å²) in [4.78, 5) is 23.1. The molecule has 19 heavy (non-hydrogen) atoms. The molecule has 1 rings (SSSR count). The molecule has 0 saturated carbocycles. The standard InChI is InChI=1S/C13H15Cl2NO3/c1-6(2)10(15)12(17)16-11-7(3)4-8(14)5-9(11)13(18)19/h4-6,10H,1-3H3,(H,16,17)(H,18,19)/t10-/m0/s1. The molecule has 1 aromatic rings. The Labute approximate surface area is 121 Å². The van der Waals surface area contributed by atoms with Crippen LogP contribution in [0.4, 0.5) is 5.69 Å². The molecule has 0 aliphatic heterocycles. The maximum Gasteiger partial charge on any atom is 0.337 e. The fourth-order valence-corrected chi connectivity index (χ4v) is 1.90. The monoisotopic (exact) mass is 303 g/mol. The highest BCUT2D eigenvalue weighted by molar-refractivity contribution is 6.33. The van der Waals surface area contributed by atoms with E-state index in [1.165, 1.54) is 6.07 Å². The largest absolute Gasteiger partial charge is 0.478 e. The summed E-state index contributed by atoms with van der Waals surface area (Å²) >= 11 is 11.8. The van der Waals surface area contributed by atoms with Gasteiger partial charge in [0.1, 0.15) is 5.38 Å². The molecule has 0 bridgehead atoms. The number of hydrogen-bond donors (Lipinski definition) is 2. The molecule has 6 heteroatoms. The molecule has 0 aliphatic carbocycles. The number of aryl methyl sites for hydroxylation is 1. The van der Waals surface area contributed by atoms with E-state index < -0.39 is 17.3 Å². The molecule has 1 atom stereocenters. The van der Waals surface area contributed by atoms with E-state index in [2.05, 4.69) is 5.32 Å². The van der Waals surface area contributed by atoms with E-state index in [9.17, 15) is 9.59 Å². The Kier molecular flexibility index (Phi) is 5.20. The van der Waals surface area contributed by atoms with Crippen LogP contribution >= 0.6 is 23.2 Å². The summed E-state index contributed by atoms with van der Waals surface area (Å²) in [5, 5.41) is 11.3. The van der Waals surface area contributed by atoms with Crippen molar-refractivity contribution in [3.05, 3.63) is 28.3 Å². The third-order valence-corrected chi connectivity index (χ3v) is 3.54. The van der Waals surface area contributed by atoms with Crippen molar-refractivity contribution in [2.75, 3.05) is 5.32 Å². The lowest BCUT2D eigenvalue weighted by Crippen LogP contribution is -2.28. The van der Waals surface area contributed by atoms with Gasteiger partial charge >= 0.3 is 5.97 Å². The van der Waals surface area contributed by atoms with Crippen molar-refractivity contribution in [2.24, 2.45) is 5.92 Å². The molecule has 4 nitrogen and oxygen atoms in total. The first kappa shape index (κ1) is 15.8. The number of carboxylic acids is 1. The number of anilines is 1. The summed E-state index contributed by atoms with van der Waals surface area (Å²) < 4.78 is 0. The second kappa shape index (κ2) is 6.26. The number of alkyl halides is 1. The Bertz CT molecular complexity index is 515. The van der Waals surface area contributed by atoms with Crippen LogP contribution in [-0.2, 0) is 4.79 Å². The number of amides is 1. The minimum absolute atomic E-state index is 0.0500. The molecular formula is C13H15Cl2NO3. The Balaban J connectivity index is 3.14. The number of hydrogen-bond acceptors (Lipinski definition) is 2. The van der Waals surface area contributed by atoms with Gasteiger partial charge in [-0.1, -0.05) is 25.4 Å². The van der Waals surface area contributed by atoms with Gasteiger partial charge in [-0.25, -0.2) is 4.79 Å². The zero-order chi connectivity index (χ0) is 14.7. The van der Waals surface area contributed by atoms with Crippen LogP contribution in [0.15, 0.2) is 12.1 Å².